The van der Waals surface area contributed by atoms with Gasteiger partial charge in [0, 0.05) is 22.7 Å². The predicted molar refractivity (Wildman–Crippen MR) is 99.8 cm³/mol. The van der Waals surface area contributed by atoms with Crippen LogP contribution in [0.5, 0.6) is 11.5 Å². The number of methoxy groups -OCH3 is 1. The smallest absolute Gasteiger partial charge is 0.197 e. The molecule has 3 aromatic rings. The third-order valence-electron chi connectivity index (χ3n) is 3.70. The second-order valence-electron chi connectivity index (χ2n) is 6.19. The van der Waals surface area contributed by atoms with Gasteiger partial charge in [0.1, 0.15) is 28.2 Å². The number of rotatable bonds is 5. The molecule has 0 N–H and O–H groups in total. The molecule has 0 bridgehead atoms. The molecule has 25 heavy (non-hydrogen) atoms. The van der Waals surface area contributed by atoms with Gasteiger partial charge in [-0.2, -0.15) is 0 Å². The van der Waals surface area contributed by atoms with Crippen molar-refractivity contribution >= 4 is 22.6 Å². The summed E-state index contributed by atoms with van der Waals surface area (Å²) >= 11 is 6.08. The largest absolute Gasteiger partial charge is 0.496 e. The number of hydrogen-bond acceptors (Lipinski definition) is 4. The van der Waals surface area contributed by atoms with Crippen LogP contribution in [0.1, 0.15) is 13.8 Å². The van der Waals surface area contributed by atoms with E-state index in [4.69, 9.17) is 25.5 Å². The lowest BCUT2D eigenvalue weighted by atomic mass is 10.1. The lowest BCUT2D eigenvalue weighted by Gasteiger charge is -2.10. The minimum Gasteiger partial charge on any atom is -0.496 e. The number of fused-ring (bicyclic) bond motifs is 1. The average Bonchev–Trinajstić information content (AvgIpc) is 2.59. The molecule has 2 aromatic carbocycles. The zero-order chi connectivity index (χ0) is 18.0. The number of ether oxygens (including phenoxy) is 2. The molecular formula is C20H19ClO4. The Morgan fingerprint density at radius 2 is 1.84 bits per heavy atom. The Balaban J connectivity index is 2.00. The Labute approximate surface area is 150 Å². The Kier molecular flexibility index (Phi) is 5.00. The van der Waals surface area contributed by atoms with Gasteiger partial charge < -0.3 is 13.9 Å². The Morgan fingerprint density at radius 1 is 1.12 bits per heavy atom. The Hall–Kier alpha value is -2.46. The van der Waals surface area contributed by atoms with E-state index in [-0.39, 0.29) is 5.43 Å². The van der Waals surface area contributed by atoms with Crippen LogP contribution in [-0.2, 0) is 0 Å². The van der Waals surface area contributed by atoms with Gasteiger partial charge in [0.25, 0.3) is 0 Å². The summed E-state index contributed by atoms with van der Waals surface area (Å²) in [4.78, 5) is 12.5. The molecule has 0 unspecified atom stereocenters. The molecule has 0 saturated carbocycles. The Bertz CT molecular complexity index is 942. The van der Waals surface area contributed by atoms with Crippen molar-refractivity contribution in [3.8, 4) is 22.8 Å². The van der Waals surface area contributed by atoms with E-state index < -0.39 is 0 Å². The lowest BCUT2D eigenvalue weighted by Crippen LogP contribution is -2.04. The molecule has 1 heterocycles. The van der Waals surface area contributed by atoms with Crippen LogP contribution in [0, 0.1) is 5.92 Å². The zero-order valence-corrected chi connectivity index (χ0v) is 15.1. The van der Waals surface area contributed by atoms with Crippen molar-refractivity contribution in [3.05, 3.63) is 57.7 Å². The first-order valence-electron chi connectivity index (χ1n) is 8.02. The van der Waals surface area contributed by atoms with E-state index in [1.54, 1.807) is 12.1 Å². The summed E-state index contributed by atoms with van der Waals surface area (Å²) in [5.41, 5.74) is 1.01. The number of halogens is 1. The highest BCUT2D eigenvalue weighted by Crippen LogP contribution is 2.31. The van der Waals surface area contributed by atoms with Crippen molar-refractivity contribution in [1.29, 1.82) is 0 Å². The van der Waals surface area contributed by atoms with Crippen LogP contribution in [0.2, 0.25) is 5.02 Å². The standard InChI is InChI=1S/C20H19ClO4/c1-12(2)11-24-15-6-4-13(5-7-15)17-10-16(22)20-18(23-3)8-14(21)9-19(20)25-17/h4-10,12H,11H2,1-3H3. The third kappa shape index (κ3) is 3.80. The molecule has 0 saturated heterocycles. The SMILES string of the molecule is COc1cc(Cl)cc2oc(-c3ccc(OCC(C)C)cc3)cc(=O)c12. The van der Waals surface area contributed by atoms with Gasteiger partial charge in [-0.25, -0.2) is 0 Å². The molecule has 0 spiro atoms. The molecule has 0 radical (unpaired) electrons. The van der Waals surface area contributed by atoms with E-state index in [0.29, 0.717) is 40.0 Å². The summed E-state index contributed by atoms with van der Waals surface area (Å²) in [7, 11) is 1.49. The van der Waals surface area contributed by atoms with E-state index in [9.17, 15) is 4.79 Å². The van der Waals surface area contributed by atoms with Gasteiger partial charge in [0.05, 0.1) is 13.7 Å². The first-order valence-corrected chi connectivity index (χ1v) is 8.40. The van der Waals surface area contributed by atoms with E-state index in [1.807, 2.05) is 24.3 Å². The second-order valence-corrected chi connectivity index (χ2v) is 6.62. The zero-order valence-electron chi connectivity index (χ0n) is 14.3. The van der Waals surface area contributed by atoms with Gasteiger partial charge in [-0.3, -0.25) is 4.79 Å². The van der Waals surface area contributed by atoms with Crippen LogP contribution in [0.15, 0.2) is 51.7 Å². The molecule has 0 aliphatic carbocycles. The van der Waals surface area contributed by atoms with E-state index in [1.165, 1.54) is 13.2 Å². The molecule has 0 atom stereocenters. The first-order chi connectivity index (χ1) is 12.0. The quantitative estimate of drug-likeness (QED) is 0.632. The number of hydrogen-bond donors (Lipinski definition) is 0. The Morgan fingerprint density at radius 3 is 2.48 bits per heavy atom. The van der Waals surface area contributed by atoms with Crippen LogP contribution in [0.3, 0.4) is 0 Å². The van der Waals surface area contributed by atoms with Gasteiger partial charge in [0.15, 0.2) is 5.43 Å². The predicted octanol–water partition coefficient (Wildman–Crippen LogP) is 5.16. The highest BCUT2D eigenvalue weighted by molar-refractivity contribution is 6.31. The average molecular weight is 359 g/mol. The molecule has 4 nitrogen and oxygen atoms in total. The molecule has 1 aromatic heterocycles. The monoisotopic (exact) mass is 358 g/mol. The molecule has 3 rings (SSSR count). The van der Waals surface area contributed by atoms with Crippen LogP contribution in [0.4, 0.5) is 0 Å². The van der Waals surface area contributed by atoms with Crippen molar-refractivity contribution in [1.82, 2.24) is 0 Å². The van der Waals surface area contributed by atoms with Crippen molar-refractivity contribution in [2.45, 2.75) is 13.8 Å². The fourth-order valence-electron chi connectivity index (χ4n) is 2.50. The second kappa shape index (κ2) is 7.19. The molecule has 0 aliphatic heterocycles. The van der Waals surface area contributed by atoms with E-state index in [2.05, 4.69) is 13.8 Å². The highest BCUT2D eigenvalue weighted by Gasteiger charge is 2.13. The summed E-state index contributed by atoms with van der Waals surface area (Å²) in [5, 5.41) is 0.828. The van der Waals surface area contributed by atoms with Crippen LogP contribution < -0.4 is 14.9 Å². The van der Waals surface area contributed by atoms with E-state index >= 15 is 0 Å². The van der Waals surface area contributed by atoms with Gasteiger partial charge in [-0.05, 0) is 36.2 Å². The molecule has 130 valence electrons. The summed E-state index contributed by atoms with van der Waals surface area (Å²) in [5.74, 6) is 2.11. The summed E-state index contributed by atoms with van der Waals surface area (Å²) in [6.45, 7) is 4.84. The topological polar surface area (TPSA) is 48.7 Å². The van der Waals surface area contributed by atoms with Crippen LogP contribution in [0.25, 0.3) is 22.3 Å². The summed E-state index contributed by atoms with van der Waals surface area (Å²) in [6.07, 6.45) is 0. The maximum absolute atomic E-state index is 12.5. The van der Waals surface area contributed by atoms with Gasteiger partial charge in [-0.1, -0.05) is 25.4 Å². The fraction of sp³-hybridized carbons (Fsp3) is 0.250. The molecular weight excluding hydrogens is 340 g/mol. The fourth-order valence-corrected chi connectivity index (χ4v) is 2.70. The van der Waals surface area contributed by atoms with E-state index in [0.717, 1.165) is 11.3 Å². The normalized spacial score (nSPS) is 11.1. The minimum absolute atomic E-state index is 0.176. The van der Waals surface area contributed by atoms with Crippen LogP contribution in [-0.4, -0.2) is 13.7 Å². The van der Waals surface area contributed by atoms with Crippen molar-refractivity contribution in [2.75, 3.05) is 13.7 Å². The maximum Gasteiger partial charge on any atom is 0.197 e. The van der Waals surface area contributed by atoms with Crippen LogP contribution >= 0.6 is 11.6 Å². The molecule has 0 amide bonds. The minimum atomic E-state index is -0.176. The number of benzene rings is 2. The highest BCUT2D eigenvalue weighted by atomic mass is 35.5. The van der Waals surface area contributed by atoms with Crippen molar-refractivity contribution in [3.63, 3.8) is 0 Å². The molecule has 5 heteroatoms. The van der Waals surface area contributed by atoms with Gasteiger partial charge >= 0.3 is 0 Å². The summed E-state index contributed by atoms with van der Waals surface area (Å²) < 4.78 is 16.8. The first kappa shape index (κ1) is 17.4. The molecule has 0 aliphatic rings. The van der Waals surface area contributed by atoms with Crippen molar-refractivity contribution < 1.29 is 13.9 Å². The van der Waals surface area contributed by atoms with Crippen molar-refractivity contribution in [2.24, 2.45) is 5.92 Å². The lowest BCUT2D eigenvalue weighted by molar-refractivity contribution is 0.271. The maximum atomic E-state index is 12.5. The van der Waals surface area contributed by atoms with Gasteiger partial charge in [-0.15, -0.1) is 0 Å². The van der Waals surface area contributed by atoms with Gasteiger partial charge in [0.2, 0.25) is 0 Å². The summed E-state index contributed by atoms with van der Waals surface area (Å²) in [6, 6.07) is 12.1. The molecule has 0 fully saturated rings. The third-order valence-corrected chi connectivity index (χ3v) is 3.92.